The quantitative estimate of drug-likeness (QED) is 0.353. The minimum atomic E-state index is -4.77. The van der Waals surface area contributed by atoms with Crippen molar-refractivity contribution in [2.75, 3.05) is 10.6 Å². The fourth-order valence-corrected chi connectivity index (χ4v) is 3.45. The fraction of sp³-hybridized carbons (Fsp3) is 0.400. The van der Waals surface area contributed by atoms with E-state index in [1.807, 2.05) is 19.9 Å². The summed E-state index contributed by atoms with van der Waals surface area (Å²) in [6.45, 7) is 3.73. The number of thiocarbonyl (C=S) groups is 1. The highest BCUT2D eigenvalue weighted by Crippen LogP contribution is 2.25. The molecule has 7 nitrogen and oxygen atoms in total. The Bertz CT molecular complexity index is 940. The topological polar surface area (TPSA) is 83.5 Å². The zero-order valence-corrected chi connectivity index (χ0v) is 17.9. The van der Waals surface area contributed by atoms with Crippen LogP contribution in [0.15, 0.2) is 35.3 Å². The predicted octanol–water partition coefficient (Wildman–Crippen LogP) is 4.69. The molecule has 0 unspecified atom stereocenters. The molecule has 0 bridgehead atoms. The lowest BCUT2D eigenvalue weighted by atomic mass is 10.3. The van der Waals surface area contributed by atoms with Gasteiger partial charge in [-0.1, -0.05) is 18.9 Å². The van der Waals surface area contributed by atoms with Crippen molar-refractivity contribution >= 4 is 34.9 Å². The number of ether oxygens (including phenoxy) is 1. The smallest absolute Gasteiger partial charge is 0.406 e. The number of hydrogen-bond donors (Lipinski definition) is 3. The first-order chi connectivity index (χ1) is 14.7. The Hall–Kier alpha value is -2.95. The Kier molecular flexibility index (Phi) is 7.26. The second-order valence-electron chi connectivity index (χ2n) is 7.17. The number of rotatable bonds is 4. The number of alkyl halides is 3. The van der Waals surface area contributed by atoms with E-state index in [-0.39, 0.29) is 16.9 Å². The van der Waals surface area contributed by atoms with Crippen molar-refractivity contribution in [3.8, 4) is 5.75 Å². The van der Waals surface area contributed by atoms with Crippen molar-refractivity contribution in [1.82, 2.24) is 15.3 Å². The minimum Gasteiger partial charge on any atom is -0.406 e. The van der Waals surface area contributed by atoms with Crippen LogP contribution in [0.25, 0.3) is 0 Å². The Morgan fingerprint density at radius 1 is 1.10 bits per heavy atom. The zero-order chi connectivity index (χ0) is 22.4. The van der Waals surface area contributed by atoms with E-state index in [1.165, 1.54) is 18.2 Å². The van der Waals surface area contributed by atoms with Crippen LogP contribution < -0.4 is 20.7 Å². The van der Waals surface area contributed by atoms with Crippen LogP contribution >= 0.6 is 12.2 Å². The SMILES string of the molecule is Cc1cc(C)nc(NC(=NC2CCCC2)NC(=S)Nc2cccc(OC(F)(F)F)c2)n1. The van der Waals surface area contributed by atoms with E-state index >= 15 is 0 Å². The summed E-state index contributed by atoms with van der Waals surface area (Å²) < 4.78 is 41.3. The van der Waals surface area contributed by atoms with Crippen molar-refractivity contribution in [2.24, 2.45) is 4.99 Å². The fourth-order valence-electron chi connectivity index (χ4n) is 3.24. The lowest BCUT2D eigenvalue weighted by Gasteiger charge is -2.16. The van der Waals surface area contributed by atoms with E-state index < -0.39 is 6.36 Å². The van der Waals surface area contributed by atoms with Crippen LogP contribution in [-0.4, -0.2) is 33.4 Å². The van der Waals surface area contributed by atoms with E-state index in [9.17, 15) is 13.2 Å². The van der Waals surface area contributed by atoms with E-state index in [0.29, 0.717) is 17.6 Å². The number of benzene rings is 1. The molecular weight excluding hydrogens is 429 g/mol. The molecule has 0 aliphatic heterocycles. The van der Waals surface area contributed by atoms with E-state index in [0.717, 1.165) is 37.1 Å². The summed E-state index contributed by atoms with van der Waals surface area (Å²) in [6.07, 6.45) is -0.615. The first-order valence-corrected chi connectivity index (χ1v) is 10.2. The van der Waals surface area contributed by atoms with Gasteiger partial charge in [0.2, 0.25) is 11.9 Å². The Balaban J connectivity index is 1.71. The number of aryl methyl sites for hydroxylation is 2. The molecule has 1 heterocycles. The molecule has 166 valence electrons. The molecule has 2 aromatic rings. The standard InChI is InChI=1S/C20H23F3N6OS/c1-12-10-13(2)25-17(24-12)28-18(26-14-6-3-4-7-14)29-19(31)27-15-8-5-9-16(11-15)30-20(21,22)23/h5,8-11,14H,3-4,6-7H2,1-2H3,(H3,24,25,26,27,28,29,31). The number of aromatic nitrogens is 2. The Morgan fingerprint density at radius 2 is 1.77 bits per heavy atom. The second-order valence-corrected chi connectivity index (χ2v) is 7.58. The van der Waals surface area contributed by atoms with Crippen LogP contribution in [0.5, 0.6) is 5.75 Å². The van der Waals surface area contributed by atoms with E-state index in [1.54, 1.807) is 6.07 Å². The average Bonchev–Trinajstić information content (AvgIpc) is 3.12. The highest BCUT2D eigenvalue weighted by molar-refractivity contribution is 7.80. The Morgan fingerprint density at radius 3 is 2.42 bits per heavy atom. The van der Waals surface area contributed by atoms with Crippen LogP contribution in [0, 0.1) is 13.8 Å². The summed E-state index contributed by atoms with van der Waals surface area (Å²) in [6, 6.07) is 7.42. The van der Waals surface area contributed by atoms with Crippen LogP contribution in [0.2, 0.25) is 0 Å². The molecule has 0 saturated heterocycles. The third-order valence-electron chi connectivity index (χ3n) is 4.41. The van der Waals surface area contributed by atoms with Crippen LogP contribution in [0.1, 0.15) is 37.1 Å². The number of guanidine groups is 1. The van der Waals surface area contributed by atoms with Gasteiger partial charge >= 0.3 is 6.36 Å². The van der Waals surface area contributed by atoms with E-state index in [2.05, 4.69) is 30.7 Å². The highest BCUT2D eigenvalue weighted by Gasteiger charge is 2.31. The maximum Gasteiger partial charge on any atom is 0.573 e. The summed E-state index contributed by atoms with van der Waals surface area (Å²) in [5, 5.41) is 9.02. The molecule has 1 aromatic heterocycles. The molecule has 3 rings (SSSR count). The zero-order valence-electron chi connectivity index (χ0n) is 17.1. The first-order valence-electron chi connectivity index (χ1n) is 9.77. The van der Waals surface area contributed by atoms with Gasteiger partial charge in [0.1, 0.15) is 5.75 Å². The summed E-state index contributed by atoms with van der Waals surface area (Å²) in [7, 11) is 0. The maximum atomic E-state index is 12.4. The summed E-state index contributed by atoms with van der Waals surface area (Å²) in [5.41, 5.74) is 1.94. The van der Waals surface area contributed by atoms with Gasteiger partial charge in [-0.3, -0.25) is 5.32 Å². The molecule has 1 fully saturated rings. The van der Waals surface area contributed by atoms with Gasteiger partial charge in [-0.15, -0.1) is 13.2 Å². The molecule has 0 radical (unpaired) electrons. The average molecular weight is 453 g/mol. The number of hydrogen-bond acceptors (Lipinski definition) is 5. The van der Waals surface area contributed by atoms with E-state index in [4.69, 9.17) is 17.2 Å². The lowest BCUT2D eigenvalue weighted by Crippen LogP contribution is -2.40. The summed E-state index contributed by atoms with van der Waals surface area (Å²) >= 11 is 5.33. The molecule has 1 saturated carbocycles. The second kappa shape index (κ2) is 9.90. The highest BCUT2D eigenvalue weighted by atomic mass is 32.1. The molecule has 0 spiro atoms. The number of nitrogens with one attached hydrogen (secondary N) is 3. The summed E-state index contributed by atoms with van der Waals surface area (Å²) in [4.78, 5) is 13.4. The molecule has 0 amide bonds. The number of halogens is 3. The minimum absolute atomic E-state index is 0.146. The van der Waals surface area contributed by atoms with Gasteiger partial charge < -0.3 is 15.4 Å². The van der Waals surface area contributed by atoms with Crippen LogP contribution in [0.4, 0.5) is 24.8 Å². The molecular formula is C20H23F3N6OS. The van der Waals surface area contributed by atoms with Crippen LogP contribution in [-0.2, 0) is 0 Å². The van der Waals surface area contributed by atoms with Gasteiger partial charge in [0.15, 0.2) is 5.11 Å². The van der Waals surface area contributed by atoms with Gasteiger partial charge in [0.05, 0.1) is 6.04 Å². The molecule has 1 aliphatic rings. The van der Waals surface area contributed by atoms with Gasteiger partial charge in [-0.25, -0.2) is 15.0 Å². The van der Waals surface area contributed by atoms with Crippen molar-refractivity contribution in [2.45, 2.75) is 51.9 Å². The van der Waals surface area contributed by atoms with Gasteiger partial charge in [0.25, 0.3) is 0 Å². The monoisotopic (exact) mass is 452 g/mol. The van der Waals surface area contributed by atoms with Crippen molar-refractivity contribution < 1.29 is 17.9 Å². The lowest BCUT2D eigenvalue weighted by molar-refractivity contribution is -0.274. The molecule has 11 heteroatoms. The normalized spacial score (nSPS) is 14.9. The summed E-state index contributed by atoms with van der Waals surface area (Å²) in [5.74, 6) is 0.407. The number of nitrogens with zero attached hydrogens (tertiary/aromatic N) is 3. The molecule has 31 heavy (non-hydrogen) atoms. The third-order valence-corrected chi connectivity index (χ3v) is 4.61. The molecule has 1 aromatic carbocycles. The first kappa shape index (κ1) is 22.7. The van der Waals surface area contributed by atoms with Gasteiger partial charge in [-0.05, 0) is 57.1 Å². The maximum absolute atomic E-state index is 12.4. The van der Waals surface area contributed by atoms with Crippen molar-refractivity contribution in [3.63, 3.8) is 0 Å². The van der Waals surface area contributed by atoms with Crippen molar-refractivity contribution in [3.05, 3.63) is 41.7 Å². The van der Waals surface area contributed by atoms with Crippen molar-refractivity contribution in [1.29, 1.82) is 0 Å². The number of anilines is 2. The van der Waals surface area contributed by atoms with Crippen LogP contribution in [0.3, 0.4) is 0 Å². The molecule has 3 N–H and O–H groups in total. The largest absolute Gasteiger partial charge is 0.573 e. The number of aliphatic imine (C=N–C) groups is 1. The Labute approximate surface area is 183 Å². The molecule has 1 aliphatic carbocycles. The van der Waals surface area contributed by atoms with Gasteiger partial charge in [0, 0.05) is 23.1 Å². The predicted molar refractivity (Wildman–Crippen MR) is 117 cm³/mol. The van der Waals surface area contributed by atoms with Gasteiger partial charge in [-0.2, -0.15) is 0 Å². The molecule has 0 atom stereocenters. The third kappa shape index (κ3) is 7.67.